The van der Waals surface area contributed by atoms with Gasteiger partial charge in [0.1, 0.15) is 0 Å². The third-order valence-electron chi connectivity index (χ3n) is 4.12. The lowest BCUT2D eigenvalue weighted by atomic mass is 9.65. The highest BCUT2D eigenvalue weighted by Crippen LogP contribution is 2.49. The second kappa shape index (κ2) is 3.49. The van der Waals surface area contributed by atoms with Gasteiger partial charge in [-0.15, -0.1) is 0 Å². The maximum absolute atomic E-state index is 6.04. The van der Waals surface area contributed by atoms with Gasteiger partial charge in [0.2, 0.25) is 0 Å². The molecule has 82 valence electrons. The molecule has 0 radical (unpaired) electrons. The molecule has 2 nitrogen and oxygen atoms in total. The summed E-state index contributed by atoms with van der Waals surface area (Å²) in [6, 6.07) is 0. The minimum Gasteiger partial charge on any atom is -0.375 e. The molecule has 0 amide bonds. The van der Waals surface area contributed by atoms with Gasteiger partial charge in [-0.3, -0.25) is 0 Å². The second-order valence-electron chi connectivity index (χ2n) is 5.83. The smallest absolute Gasteiger partial charge is 0.0728 e. The number of rotatable bonds is 1. The zero-order valence-electron chi connectivity index (χ0n) is 9.51. The Bertz CT molecular complexity index is 214. The van der Waals surface area contributed by atoms with Crippen molar-refractivity contribution in [3.63, 3.8) is 0 Å². The summed E-state index contributed by atoms with van der Waals surface area (Å²) in [5.41, 5.74) is 6.45. The van der Waals surface area contributed by atoms with E-state index in [0.29, 0.717) is 11.3 Å². The van der Waals surface area contributed by atoms with Crippen molar-refractivity contribution < 1.29 is 4.74 Å². The molecule has 1 aliphatic carbocycles. The monoisotopic (exact) mass is 197 g/mol. The SMILES string of the molecule is CC1(C)CCCC2(C1)OCCC2CN. The first-order valence-corrected chi connectivity index (χ1v) is 5.92. The van der Waals surface area contributed by atoms with Crippen LogP contribution in [0.3, 0.4) is 0 Å². The summed E-state index contributed by atoms with van der Waals surface area (Å²) in [5, 5.41) is 0. The Kier molecular flexibility index (Phi) is 2.61. The van der Waals surface area contributed by atoms with E-state index >= 15 is 0 Å². The minimum atomic E-state index is 0.149. The van der Waals surface area contributed by atoms with Crippen molar-refractivity contribution in [1.82, 2.24) is 0 Å². The van der Waals surface area contributed by atoms with Crippen LogP contribution in [0.2, 0.25) is 0 Å². The molecule has 1 saturated carbocycles. The molecule has 1 saturated heterocycles. The van der Waals surface area contributed by atoms with Crippen molar-refractivity contribution in [1.29, 1.82) is 0 Å². The predicted molar refractivity (Wildman–Crippen MR) is 58.1 cm³/mol. The molecule has 1 heterocycles. The van der Waals surface area contributed by atoms with Gasteiger partial charge in [-0.05, 0) is 37.6 Å². The Morgan fingerprint density at radius 3 is 2.79 bits per heavy atom. The van der Waals surface area contributed by atoms with Gasteiger partial charge in [0.15, 0.2) is 0 Å². The Morgan fingerprint density at radius 1 is 1.36 bits per heavy atom. The van der Waals surface area contributed by atoms with Crippen LogP contribution < -0.4 is 5.73 Å². The molecule has 2 fully saturated rings. The van der Waals surface area contributed by atoms with Gasteiger partial charge in [0.05, 0.1) is 5.60 Å². The van der Waals surface area contributed by atoms with E-state index in [1.807, 2.05) is 0 Å². The van der Waals surface area contributed by atoms with Crippen LogP contribution >= 0.6 is 0 Å². The summed E-state index contributed by atoms with van der Waals surface area (Å²) in [5.74, 6) is 0.613. The Balaban J connectivity index is 2.14. The summed E-state index contributed by atoms with van der Waals surface area (Å²) in [6.45, 7) is 6.46. The lowest BCUT2D eigenvalue weighted by Gasteiger charge is -2.45. The molecular weight excluding hydrogens is 174 g/mol. The maximum atomic E-state index is 6.04. The van der Waals surface area contributed by atoms with Crippen LogP contribution in [-0.2, 0) is 4.74 Å². The standard InChI is InChI=1S/C12H23NO/c1-11(2)5-3-6-12(9-11)10(8-13)4-7-14-12/h10H,3-9,13H2,1-2H3. The van der Waals surface area contributed by atoms with Gasteiger partial charge >= 0.3 is 0 Å². The van der Waals surface area contributed by atoms with Gasteiger partial charge in [-0.2, -0.15) is 0 Å². The molecule has 0 aromatic rings. The van der Waals surface area contributed by atoms with Gasteiger partial charge in [-0.25, -0.2) is 0 Å². The first-order chi connectivity index (χ1) is 6.58. The molecule has 14 heavy (non-hydrogen) atoms. The third kappa shape index (κ3) is 1.70. The van der Waals surface area contributed by atoms with Gasteiger partial charge in [0, 0.05) is 12.5 Å². The molecule has 0 aromatic heterocycles. The highest BCUT2D eigenvalue weighted by molar-refractivity contribution is 4.99. The van der Waals surface area contributed by atoms with Crippen molar-refractivity contribution in [3.05, 3.63) is 0 Å². The van der Waals surface area contributed by atoms with Crippen LogP contribution in [0.1, 0.15) is 46.0 Å². The summed E-state index contributed by atoms with van der Waals surface area (Å²) < 4.78 is 6.04. The number of ether oxygens (including phenoxy) is 1. The average Bonchev–Trinajstić information content (AvgIpc) is 2.45. The Morgan fingerprint density at radius 2 is 2.14 bits per heavy atom. The normalized spacial score (nSPS) is 41.8. The molecule has 1 spiro atoms. The van der Waals surface area contributed by atoms with E-state index < -0.39 is 0 Å². The molecule has 2 rings (SSSR count). The summed E-state index contributed by atoms with van der Waals surface area (Å²) >= 11 is 0. The number of hydrogen-bond donors (Lipinski definition) is 1. The lowest BCUT2D eigenvalue weighted by molar-refractivity contribution is -0.0800. The second-order valence-corrected chi connectivity index (χ2v) is 5.83. The quantitative estimate of drug-likeness (QED) is 0.700. The van der Waals surface area contributed by atoms with Crippen LogP contribution in [-0.4, -0.2) is 18.8 Å². The molecule has 2 atom stereocenters. The zero-order valence-corrected chi connectivity index (χ0v) is 9.51. The van der Waals surface area contributed by atoms with Crippen LogP contribution in [0.15, 0.2) is 0 Å². The summed E-state index contributed by atoms with van der Waals surface area (Å²) in [7, 11) is 0. The Labute approximate surface area is 87.2 Å². The topological polar surface area (TPSA) is 35.2 Å². The van der Waals surface area contributed by atoms with E-state index in [1.165, 1.54) is 32.1 Å². The van der Waals surface area contributed by atoms with E-state index in [4.69, 9.17) is 10.5 Å². The molecule has 2 unspecified atom stereocenters. The van der Waals surface area contributed by atoms with Gasteiger partial charge in [-0.1, -0.05) is 20.3 Å². The molecule has 2 N–H and O–H groups in total. The van der Waals surface area contributed by atoms with Gasteiger partial charge in [0.25, 0.3) is 0 Å². The van der Waals surface area contributed by atoms with Crippen molar-refractivity contribution >= 4 is 0 Å². The van der Waals surface area contributed by atoms with Crippen molar-refractivity contribution in [2.75, 3.05) is 13.2 Å². The van der Waals surface area contributed by atoms with E-state index in [-0.39, 0.29) is 5.60 Å². The van der Waals surface area contributed by atoms with Crippen molar-refractivity contribution in [3.8, 4) is 0 Å². The van der Waals surface area contributed by atoms with E-state index in [9.17, 15) is 0 Å². The summed E-state index contributed by atoms with van der Waals surface area (Å²) in [4.78, 5) is 0. The first-order valence-electron chi connectivity index (χ1n) is 5.92. The highest BCUT2D eigenvalue weighted by atomic mass is 16.5. The minimum absolute atomic E-state index is 0.149. The maximum Gasteiger partial charge on any atom is 0.0728 e. The van der Waals surface area contributed by atoms with Crippen molar-refractivity contribution in [2.24, 2.45) is 17.1 Å². The highest BCUT2D eigenvalue weighted by Gasteiger charge is 2.48. The molecule has 1 aliphatic heterocycles. The zero-order chi connectivity index (χ0) is 10.2. The van der Waals surface area contributed by atoms with Crippen LogP contribution in [0.25, 0.3) is 0 Å². The third-order valence-corrected chi connectivity index (χ3v) is 4.12. The lowest BCUT2D eigenvalue weighted by Crippen LogP contribution is -2.45. The molecule has 0 aromatic carbocycles. The molecular formula is C12H23NO. The number of hydrogen-bond acceptors (Lipinski definition) is 2. The van der Waals surface area contributed by atoms with Gasteiger partial charge < -0.3 is 10.5 Å². The van der Waals surface area contributed by atoms with Crippen molar-refractivity contribution in [2.45, 2.75) is 51.6 Å². The summed E-state index contributed by atoms with van der Waals surface area (Å²) in [6.07, 6.45) is 6.27. The molecule has 2 heteroatoms. The van der Waals surface area contributed by atoms with Crippen LogP contribution in [0, 0.1) is 11.3 Å². The molecule has 2 aliphatic rings. The number of nitrogens with two attached hydrogens (primary N) is 1. The Hall–Kier alpha value is -0.0800. The van der Waals surface area contributed by atoms with Crippen LogP contribution in [0.5, 0.6) is 0 Å². The van der Waals surface area contributed by atoms with E-state index in [1.54, 1.807) is 0 Å². The first kappa shape index (κ1) is 10.4. The fourth-order valence-electron chi connectivity index (χ4n) is 3.44. The fourth-order valence-corrected chi connectivity index (χ4v) is 3.44. The fraction of sp³-hybridized carbons (Fsp3) is 1.00. The van der Waals surface area contributed by atoms with E-state index in [2.05, 4.69) is 13.8 Å². The van der Waals surface area contributed by atoms with E-state index in [0.717, 1.165) is 13.2 Å². The predicted octanol–water partition coefficient (Wildman–Crippen LogP) is 2.32. The average molecular weight is 197 g/mol. The molecule has 0 bridgehead atoms. The largest absolute Gasteiger partial charge is 0.375 e. The van der Waals surface area contributed by atoms with Crippen LogP contribution in [0.4, 0.5) is 0 Å².